The van der Waals surface area contributed by atoms with Crippen molar-refractivity contribution >= 4 is 22.5 Å². The van der Waals surface area contributed by atoms with E-state index >= 15 is 0 Å². The molecule has 0 saturated heterocycles. The zero-order chi connectivity index (χ0) is 15.1. The Morgan fingerprint density at radius 1 is 1.29 bits per heavy atom. The predicted octanol–water partition coefficient (Wildman–Crippen LogP) is 2.43. The lowest BCUT2D eigenvalue weighted by molar-refractivity contribution is 0.0932. The lowest BCUT2D eigenvalue weighted by Crippen LogP contribution is -2.28. The number of aromatic nitrogens is 1. The van der Waals surface area contributed by atoms with Crippen molar-refractivity contribution in [2.45, 2.75) is 13.3 Å². The van der Waals surface area contributed by atoms with Crippen LogP contribution in [-0.2, 0) is 4.74 Å². The van der Waals surface area contributed by atoms with Gasteiger partial charge in [0.25, 0.3) is 5.91 Å². The number of rotatable bonds is 7. The number of nitrogens with zero attached hydrogens (tertiary/aromatic N) is 1. The zero-order valence-corrected chi connectivity index (χ0v) is 12.5. The van der Waals surface area contributed by atoms with Crippen molar-refractivity contribution in [2.24, 2.45) is 0 Å². The summed E-state index contributed by atoms with van der Waals surface area (Å²) in [5.74, 6) is 0.573. The fourth-order valence-corrected chi connectivity index (χ4v) is 2.05. The summed E-state index contributed by atoms with van der Waals surface area (Å²) in [6.45, 7) is 3.88. The maximum Gasteiger partial charge on any atom is 0.270 e. The molecule has 0 saturated carbocycles. The van der Waals surface area contributed by atoms with E-state index in [2.05, 4.69) is 22.5 Å². The number of hydrogen-bond acceptors (Lipinski definition) is 4. The Balaban J connectivity index is 2.29. The molecule has 0 bridgehead atoms. The summed E-state index contributed by atoms with van der Waals surface area (Å²) in [7, 11) is 1.60. The van der Waals surface area contributed by atoms with E-state index in [1.807, 2.05) is 30.3 Å². The highest BCUT2D eigenvalue weighted by Gasteiger charge is 2.11. The van der Waals surface area contributed by atoms with E-state index in [0.717, 1.165) is 29.6 Å². The van der Waals surface area contributed by atoms with Crippen molar-refractivity contribution in [1.82, 2.24) is 10.3 Å². The van der Waals surface area contributed by atoms with Crippen molar-refractivity contribution in [3.05, 3.63) is 36.0 Å². The Bertz CT molecular complexity index is 613. The van der Waals surface area contributed by atoms with Crippen LogP contribution in [0, 0.1) is 0 Å². The van der Waals surface area contributed by atoms with Crippen LogP contribution in [0.4, 0.5) is 5.82 Å². The number of hydrogen-bond donors (Lipinski definition) is 2. The molecule has 112 valence electrons. The van der Waals surface area contributed by atoms with Gasteiger partial charge in [-0.3, -0.25) is 4.79 Å². The molecule has 1 aromatic carbocycles. The standard InChI is InChI=1S/C16H21N3O2/c1-3-8-17-15-13-7-5-4-6-12(13)11-14(19-15)16(20)18-9-10-21-2/h4-7,11H,3,8-10H2,1-2H3,(H,17,19)(H,18,20). The Labute approximate surface area is 124 Å². The molecule has 21 heavy (non-hydrogen) atoms. The third-order valence-electron chi connectivity index (χ3n) is 3.11. The Kier molecular flexibility index (Phi) is 5.51. The molecule has 1 aromatic heterocycles. The van der Waals surface area contributed by atoms with Gasteiger partial charge in [-0.2, -0.15) is 0 Å². The first-order valence-corrected chi connectivity index (χ1v) is 7.17. The van der Waals surface area contributed by atoms with Crippen LogP contribution in [0.1, 0.15) is 23.8 Å². The van der Waals surface area contributed by atoms with E-state index in [0.29, 0.717) is 18.8 Å². The SMILES string of the molecule is CCCNc1nc(C(=O)NCCOC)cc2ccccc12. The van der Waals surface area contributed by atoms with Gasteiger partial charge in [-0.1, -0.05) is 31.2 Å². The zero-order valence-electron chi connectivity index (χ0n) is 12.5. The van der Waals surface area contributed by atoms with Gasteiger partial charge >= 0.3 is 0 Å². The smallest absolute Gasteiger partial charge is 0.270 e. The largest absolute Gasteiger partial charge is 0.383 e. The third-order valence-corrected chi connectivity index (χ3v) is 3.11. The van der Waals surface area contributed by atoms with Gasteiger partial charge < -0.3 is 15.4 Å². The Morgan fingerprint density at radius 2 is 2.10 bits per heavy atom. The molecule has 2 N–H and O–H groups in total. The summed E-state index contributed by atoms with van der Waals surface area (Å²) >= 11 is 0. The first-order chi connectivity index (χ1) is 10.3. The monoisotopic (exact) mass is 287 g/mol. The number of benzene rings is 1. The number of amides is 1. The molecular formula is C16H21N3O2. The van der Waals surface area contributed by atoms with Crippen LogP contribution in [0.15, 0.2) is 30.3 Å². The minimum Gasteiger partial charge on any atom is -0.383 e. The number of carbonyl (C=O) groups excluding carboxylic acids is 1. The van der Waals surface area contributed by atoms with Crippen LogP contribution in [0.3, 0.4) is 0 Å². The van der Waals surface area contributed by atoms with E-state index in [1.165, 1.54) is 0 Å². The van der Waals surface area contributed by atoms with E-state index in [-0.39, 0.29) is 5.91 Å². The summed E-state index contributed by atoms with van der Waals surface area (Å²) in [5.41, 5.74) is 0.420. The molecule has 0 unspecified atom stereocenters. The fourth-order valence-electron chi connectivity index (χ4n) is 2.05. The van der Waals surface area contributed by atoms with Crippen LogP contribution in [0.25, 0.3) is 10.8 Å². The highest BCUT2D eigenvalue weighted by molar-refractivity contribution is 6.00. The van der Waals surface area contributed by atoms with Crippen LogP contribution >= 0.6 is 0 Å². The molecule has 0 radical (unpaired) electrons. The Hall–Kier alpha value is -2.14. The second-order valence-corrected chi connectivity index (χ2v) is 4.75. The first-order valence-electron chi connectivity index (χ1n) is 7.17. The molecule has 1 amide bonds. The van der Waals surface area contributed by atoms with E-state index < -0.39 is 0 Å². The quantitative estimate of drug-likeness (QED) is 0.768. The van der Waals surface area contributed by atoms with Crippen LogP contribution in [0.2, 0.25) is 0 Å². The highest BCUT2D eigenvalue weighted by atomic mass is 16.5. The normalized spacial score (nSPS) is 10.6. The molecule has 0 aliphatic carbocycles. The average Bonchev–Trinajstić information content (AvgIpc) is 2.52. The van der Waals surface area contributed by atoms with Crippen LogP contribution in [0.5, 0.6) is 0 Å². The van der Waals surface area contributed by atoms with Gasteiger partial charge in [-0.25, -0.2) is 4.98 Å². The fraction of sp³-hybridized carbons (Fsp3) is 0.375. The van der Waals surface area contributed by atoms with Gasteiger partial charge in [0.15, 0.2) is 0 Å². The summed E-state index contributed by atoms with van der Waals surface area (Å²) in [5, 5.41) is 8.11. The maximum atomic E-state index is 12.1. The Morgan fingerprint density at radius 3 is 2.86 bits per heavy atom. The number of nitrogens with one attached hydrogen (secondary N) is 2. The third kappa shape index (κ3) is 3.92. The van der Waals surface area contributed by atoms with Crippen molar-refractivity contribution in [3.8, 4) is 0 Å². The lowest BCUT2D eigenvalue weighted by atomic mass is 10.1. The van der Waals surface area contributed by atoms with Gasteiger partial charge in [-0.05, 0) is 17.9 Å². The molecule has 0 aliphatic rings. The predicted molar refractivity (Wildman–Crippen MR) is 84.7 cm³/mol. The number of anilines is 1. The number of methoxy groups -OCH3 is 1. The van der Waals surface area contributed by atoms with Crippen LogP contribution in [-0.4, -0.2) is 37.7 Å². The molecule has 0 spiro atoms. The first kappa shape index (κ1) is 15.3. The molecule has 1 heterocycles. The van der Waals surface area contributed by atoms with Gasteiger partial charge in [-0.15, -0.1) is 0 Å². The molecule has 2 aromatic rings. The highest BCUT2D eigenvalue weighted by Crippen LogP contribution is 2.22. The summed E-state index contributed by atoms with van der Waals surface area (Å²) in [6, 6.07) is 9.74. The van der Waals surface area contributed by atoms with Crippen molar-refractivity contribution in [2.75, 3.05) is 32.1 Å². The number of ether oxygens (including phenoxy) is 1. The molecule has 0 aliphatic heterocycles. The molecule has 0 fully saturated rings. The summed E-state index contributed by atoms with van der Waals surface area (Å²) < 4.78 is 4.93. The maximum absolute atomic E-state index is 12.1. The summed E-state index contributed by atoms with van der Waals surface area (Å²) in [4.78, 5) is 16.6. The van der Waals surface area contributed by atoms with Gasteiger partial charge in [0.1, 0.15) is 11.5 Å². The molecule has 2 rings (SSSR count). The van der Waals surface area contributed by atoms with Crippen molar-refractivity contribution in [3.63, 3.8) is 0 Å². The molecule has 5 heteroatoms. The van der Waals surface area contributed by atoms with E-state index in [1.54, 1.807) is 7.11 Å². The second kappa shape index (κ2) is 7.59. The molecule has 5 nitrogen and oxygen atoms in total. The van der Waals surface area contributed by atoms with E-state index in [9.17, 15) is 4.79 Å². The van der Waals surface area contributed by atoms with Gasteiger partial charge in [0.2, 0.25) is 0 Å². The van der Waals surface area contributed by atoms with Gasteiger partial charge in [0, 0.05) is 25.6 Å². The number of fused-ring (bicyclic) bond motifs is 1. The molecule has 0 atom stereocenters. The topological polar surface area (TPSA) is 63.2 Å². The second-order valence-electron chi connectivity index (χ2n) is 4.75. The lowest BCUT2D eigenvalue weighted by Gasteiger charge is -2.11. The van der Waals surface area contributed by atoms with Crippen LogP contribution < -0.4 is 10.6 Å². The minimum atomic E-state index is -0.183. The average molecular weight is 287 g/mol. The molecular weight excluding hydrogens is 266 g/mol. The number of pyridine rings is 1. The summed E-state index contributed by atoms with van der Waals surface area (Å²) in [6.07, 6.45) is 1.00. The van der Waals surface area contributed by atoms with Crippen molar-refractivity contribution < 1.29 is 9.53 Å². The van der Waals surface area contributed by atoms with Crippen molar-refractivity contribution in [1.29, 1.82) is 0 Å². The van der Waals surface area contributed by atoms with E-state index in [4.69, 9.17) is 4.74 Å². The number of carbonyl (C=O) groups is 1. The van der Waals surface area contributed by atoms with Gasteiger partial charge in [0.05, 0.1) is 6.61 Å². The minimum absolute atomic E-state index is 0.183.